The monoisotopic (exact) mass is 723 g/mol. The number of nitrogens with zero attached hydrogens (tertiary/aromatic N) is 3. The highest BCUT2D eigenvalue weighted by Crippen LogP contribution is 2.64. The van der Waals surface area contributed by atoms with Crippen LogP contribution in [0.25, 0.3) is 89.1 Å². The number of hydrogen-bond donors (Lipinski definition) is 0. The first-order chi connectivity index (χ1) is 28.3. The molecule has 3 nitrogen and oxygen atoms in total. The third-order valence-corrected chi connectivity index (χ3v) is 12.1. The van der Waals surface area contributed by atoms with Gasteiger partial charge in [-0.1, -0.05) is 176 Å². The van der Waals surface area contributed by atoms with Gasteiger partial charge in [-0.2, -0.15) is 0 Å². The second kappa shape index (κ2) is 12.3. The fourth-order valence-electron chi connectivity index (χ4n) is 9.68. The molecular formula is C54H33N3. The van der Waals surface area contributed by atoms with Gasteiger partial charge >= 0.3 is 0 Å². The second-order valence-electron chi connectivity index (χ2n) is 15.1. The topological polar surface area (TPSA) is 38.7 Å². The molecule has 0 aliphatic heterocycles. The third-order valence-electron chi connectivity index (χ3n) is 12.1. The molecule has 0 saturated heterocycles. The van der Waals surface area contributed by atoms with Crippen LogP contribution in [0.15, 0.2) is 200 Å². The van der Waals surface area contributed by atoms with E-state index in [-0.39, 0.29) is 0 Å². The number of benzene rings is 9. The molecule has 1 aromatic heterocycles. The Bertz CT molecular complexity index is 3140. The zero-order chi connectivity index (χ0) is 37.5. The van der Waals surface area contributed by atoms with Crippen molar-refractivity contribution in [3.8, 4) is 67.5 Å². The fraction of sp³-hybridized carbons (Fsp3) is 0.0185. The van der Waals surface area contributed by atoms with Crippen molar-refractivity contribution in [2.24, 2.45) is 0 Å². The lowest BCUT2D eigenvalue weighted by Gasteiger charge is -2.31. The molecule has 0 N–H and O–H groups in total. The molecule has 10 aromatic rings. The molecule has 1 heterocycles. The van der Waals surface area contributed by atoms with E-state index in [1.54, 1.807) is 0 Å². The van der Waals surface area contributed by atoms with Gasteiger partial charge < -0.3 is 0 Å². The van der Waals surface area contributed by atoms with Crippen molar-refractivity contribution >= 4 is 21.5 Å². The molecular weight excluding hydrogens is 691 g/mol. The van der Waals surface area contributed by atoms with Crippen molar-refractivity contribution in [1.29, 1.82) is 0 Å². The van der Waals surface area contributed by atoms with Crippen LogP contribution in [0.1, 0.15) is 22.3 Å². The van der Waals surface area contributed by atoms with Crippen molar-refractivity contribution < 1.29 is 0 Å². The van der Waals surface area contributed by atoms with Gasteiger partial charge in [0.2, 0.25) is 0 Å². The maximum atomic E-state index is 5.09. The quantitative estimate of drug-likeness (QED) is 0.181. The Morgan fingerprint density at radius 2 is 0.772 bits per heavy atom. The Morgan fingerprint density at radius 1 is 0.281 bits per heavy atom. The molecule has 2 aliphatic carbocycles. The summed E-state index contributed by atoms with van der Waals surface area (Å²) < 4.78 is 0. The first-order valence-corrected chi connectivity index (χ1v) is 19.5. The molecule has 2 aliphatic rings. The predicted octanol–water partition coefficient (Wildman–Crippen LogP) is 13.2. The van der Waals surface area contributed by atoms with E-state index in [2.05, 4.69) is 164 Å². The van der Waals surface area contributed by atoms with Crippen LogP contribution >= 0.6 is 0 Å². The highest BCUT2D eigenvalue weighted by atomic mass is 15.0. The van der Waals surface area contributed by atoms with Crippen LogP contribution in [0.2, 0.25) is 0 Å². The lowest BCUT2D eigenvalue weighted by atomic mass is 9.69. The first kappa shape index (κ1) is 31.8. The molecule has 12 rings (SSSR count). The maximum absolute atomic E-state index is 5.09. The zero-order valence-electron chi connectivity index (χ0n) is 30.9. The van der Waals surface area contributed by atoms with Gasteiger partial charge in [-0.25, -0.2) is 15.0 Å². The Morgan fingerprint density at radius 3 is 1.42 bits per heavy atom. The van der Waals surface area contributed by atoms with E-state index < -0.39 is 5.41 Å². The smallest absolute Gasteiger partial charge is 0.164 e. The minimum atomic E-state index is -0.484. The molecule has 57 heavy (non-hydrogen) atoms. The van der Waals surface area contributed by atoms with E-state index >= 15 is 0 Å². The van der Waals surface area contributed by atoms with Crippen LogP contribution in [0.4, 0.5) is 0 Å². The summed E-state index contributed by atoms with van der Waals surface area (Å²) in [5.74, 6) is 1.95. The van der Waals surface area contributed by atoms with Gasteiger partial charge in [0.15, 0.2) is 17.5 Å². The summed E-state index contributed by atoms with van der Waals surface area (Å²) >= 11 is 0. The van der Waals surface area contributed by atoms with Gasteiger partial charge in [-0.15, -0.1) is 0 Å². The van der Waals surface area contributed by atoms with Gasteiger partial charge in [0.05, 0.1) is 5.41 Å². The van der Waals surface area contributed by atoms with Gasteiger partial charge in [-0.05, 0) is 101 Å². The van der Waals surface area contributed by atoms with E-state index in [1.165, 1.54) is 71.6 Å². The highest BCUT2D eigenvalue weighted by Gasteiger charge is 2.52. The summed E-state index contributed by atoms with van der Waals surface area (Å²) in [5, 5.41) is 4.98. The van der Waals surface area contributed by atoms with Crippen LogP contribution in [0.5, 0.6) is 0 Å². The molecule has 1 spiro atoms. The van der Waals surface area contributed by atoms with E-state index in [4.69, 9.17) is 15.0 Å². The number of fused-ring (bicyclic) bond motifs is 13. The predicted molar refractivity (Wildman–Crippen MR) is 233 cm³/mol. The summed E-state index contributed by atoms with van der Waals surface area (Å²) in [6.45, 7) is 0. The molecule has 0 saturated carbocycles. The van der Waals surface area contributed by atoms with Gasteiger partial charge in [0.25, 0.3) is 0 Å². The molecule has 0 radical (unpaired) electrons. The normalized spacial score (nSPS) is 13.1. The van der Waals surface area contributed by atoms with Crippen LogP contribution in [0.3, 0.4) is 0 Å². The Labute approximate surface area is 330 Å². The Kier molecular flexibility index (Phi) is 6.84. The molecule has 0 amide bonds. The summed E-state index contributed by atoms with van der Waals surface area (Å²) in [5.41, 5.74) is 15.2. The molecule has 3 heteroatoms. The molecule has 0 bridgehead atoms. The van der Waals surface area contributed by atoms with Gasteiger partial charge in [-0.3, -0.25) is 0 Å². The van der Waals surface area contributed by atoms with Crippen molar-refractivity contribution in [2.75, 3.05) is 0 Å². The number of rotatable bonds is 4. The van der Waals surface area contributed by atoms with Crippen LogP contribution < -0.4 is 0 Å². The van der Waals surface area contributed by atoms with E-state index in [1.807, 2.05) is 36.4 Å². The Hall–Kier alpha value is -7.49. The average Bonchev–Trinajstić information content (AvgIpc) is 3.75. The third kappa shape index (κ3) is 4.63. The Balaban J connectivity index is 1.13. The summed E-state index contributed by atoms with van der Waals surface area (Å²) in [6, 6.07) is 72.3. The fourth-order valence-corrected chi connectivity index (χ4v) is 9.68. The van der Waals surface area contributed by atoms with Crippen molar-refractivity contribution in [1.82, 2.24) is 15.0 Å². The zero-order valence-corrected chi connectivity index (χ0v) is 30.9. The summed E-state index contributed by atoms with van der Waals surface area (Å²) in [6.07, 6.45) is 0. The number of aromatic nitrogens is 3. The number of hydrogen-bond acceptors (Lipinski definition) is 3. The lowest BCUT2D eigenvalue weighted by molar-refractivity contribution is 0.796. The second-order valence-corrected chi connectivity index (χ2v) is 15.1. The van der Waals surface area contributed by atoms with Crippen molar-refractivity contribution in [3.05, 3.63) is 222 Å². The SMILES string of the molecule is c1ccc(-c2nc(-c3ccccc3)nc(-c3cccc(-c4cc5c(c6ccccc46)-c4cc6ccccc6cc4C54c5ccccc5-c5ccccc54)c3)n2)cc1. The van der Waals surface area contributed by atoms with Gasteiger partial charge in [0, 0.05) is 16.7 Å². The van der Waals surface area contributed by atoms with E-state index in [9.17, 15) is 0 Å². The maximum Gasteiger partial charge on any atom is 0.164 e. The minimum Gasteiger partial charge on any atom is -0.208 e. The summed E-state index contributed by atoms with van der Waals surface area (Å²) in [4.78, 5) is 15.1. The molecule has 264 valence electrons. The van der Waals surface area contributed by atoms with E-state index in [0.717, 1.165) is 22.3 Å². The lowest BCUT2D eigenvalue weighted by Crippen LogP contribution is -2.26. The first-order valence-electron chi connectivity index (χ1n) is 19.5. The van der Waals surface area contributed by atoms with Gasteiger partial charge in [0.1, 0.15) is 0 Å². The largest absolute Gasteiger partial charge is 0.208 e. The highest BCUT2D eigenvalue weighted by molar-refractivity contribution is 6.12. The summed E-state index contributed by atoms with van der Waals surface area (Å²) in [7, 11) is 0. The minimum absolute atomic E-state index is 0.484. The van der Waals surface area contributed by atoms with Crippen molar-refractivity contribution in [3.63, 3.8) is 0 Å². The van der Waals surface area contributed by atoms with Crippen LogP contribution in [-0.4, -0.2) is 15.0 Å². The van der Waals surface area contributed by atoms with Crippen LogP contribution in [-0.2, 0) is 5.41 Å². The molecule has 0 fully saturated rings. The van der Waals surface area contributed by atoms with E-state index in [0.29, 0.717) is 17.5 Å². The average molecular weight is 724 g/mol. The van der Waals surface area contributed by atoms with Crippen molar-refractivity contribution in [2.45, 2.75) is 5.41 Å². The molecule has 0 unspecified atom stereocenters. The molecule has 9 aromatic carbocycles. The molecule has 0 atom stereocenters. The van der Waals surface area contributed by atoms with Crippen LogP contribution in [0, 0.1) is 0 Å². The standard InChI is InChI=1S/C54H33N3/c1-3-16-34(17-4-1)51-55-52(35-18-5-2-6-19-35)57-53(56-51)39-23-15-22-38(30-39)44-33-49-50(43-27-10-9-24-40(43)44)45-31-36-20-7-8-21-37(36)32-48(45)54(49)46-28-13-11-25-41(46)42-26-12-14-29-47(42)54/h1-33H.